The van der Waals surface area contributed by atoms with Crippen LogP contribution < -0.4 is 0 Å². The Kier molecular flexibility index (Phi) is 4.91. The fraction of sp³-hybridized carbons (Fsp3) is 0.0870. The number of aromatic nitrogens is 1. The van der Waals surface area contributed by atoms with Gasteiger partial charge in [-0.05, 0) is 29.3 Å². The van der Waals surface area contributed by atoms with Gasteiger partial charge >= 0.3 is 0 Å². The summed E-state index contributed by atoms with van der Waals surface area (Å²) in [6, 6.07) is 16.8. The Labute approximate surface area is 166 Å². The monoisotopic (exact) mass is 388 g/mol. The largest absolute Gasteiger partial charge is 0.507 e. The maximum Gasteiger partial charge on any atom is 0.295 e. The molecule has 1 amide bonds. The summed E-state index contributed by atoms with van der Waals surface area (Å²) in [4.78, 5) is 31.1. The second-order valence-electron chi connectivity index (χ2n) is 6.71. The topological polar surface area (TPSA) is 70.5 Å². The third kappa shape index (κ3) is 3.52. The molecule has 1 aromatic heterocycles. The Hall–Kier alpha value is -3.80. The number of ketones is 1. The Morgan fingerprint density at radius 1 is 1.00 bits per heavy atom. The summed E-state index contributed by atoms with van der Waals surface area (Å²) < 4.78 is 13.5. The molecule has 0 bridgehead atoms. The van der Waals surface area contributed by atoms with E-state index >= 15 is 0 Å². The molecule has 1 aliphatic heterocycles. The van der Waals surface area contributed by atoms with Crippen molar-refractivity contribution in [3.8, 4) is 0 Å². The molecule has 3 aromatic rings. The standard InChI is InChI=1S/C23H17FN2O3/c24-18-10-8-16(9-11-18)20-19(21(27)17-6-2-1-3-7-17)22(28)23(29)26(20)14-15-5-4-12-25-13-15/h1-13,20,27H,14H2/t20-/m0/s1. The molecule has 0 saturated carbocycles. The van der Waals surface area contributed by atoms with E-state index in [1.165, 1.54) is 29.2 Å². The van der Waals surface area contributed by atoms with Crippen molar-refractivity contribution >= 4 is 17.4 Å². The lowest BCUT2D eigenvalue weighted by Gasteiger charge is -2.25. The summed E-state index contributed by atoms with van der Waals surface area (Å²) in [6.07, 6.45) is 3.22. The molecule has 1 N–H and O–H groups in total. The Morgan fingerprint density at radius 2 is 1.72 bits per heavy atom. The lowest BCUT2D eigenvalue weighted by molar-refractivity contribution is -0.140. The van der Waals surface area contributed by atoms with Gasteiger partial charge in [0.05, 0.1) is 11.6 Å². The van der Waals surface area contributed by atoms with Crippen molar-refractivity contribution in [2.45, 2.75) is 12.6 Å². The Bertz CT molecular complexity index is 1080. The number of carbonyl (C=O) groups excluding carboxylic acids is 2. The summed E-state index contributed by atoms with van der Waals surface area (Å²) in [5.74, 6) is -2.18. The minimum atomic E-state index is -0.837. The van der Waals surface area contributed by atoms with E-state index in [0.717, 1.165) is 5.56 Å². The average molecular weight is 388 g/mol. The first kappa shape index (κ1) is 18.6. The van der Waals surface area contributed by atoms with Gasteiger partial charge in [-0.25, -0.2) is 4.39 Å². The van der Waals surface area contributed by atoms with Crippen LogP contribution in [0, 0.1) is 5.82 Å². The van der Waals surface area contributed by atoms with Gasteiger partial charge in [0.25, 0.3) is 11.7 Å². The van der Waals surface area contributed by atoms with Crippen molar-refractivity contribution in [2.24, 2.45) is 0 Å². The first-order valence-electron chi connectivity index (χ1n) is 9.04. The first-order chi connectivity index (χ1) is 14.1. The van der Waals surface area contributed by atoms with Gasteiger partial charge in [0.1, 0.15) is 11.6 Å². The molecule has 6 heteroatoms. The van der Waals surface area contributed by atoms with Crippen molar-refractivity contribution in [2.75, 3.05) is 0 Å². The minimum Gasteiger partial charge on any atom is -0.507 e. The number of hydrogen-bond donors (Lipinski definition) is 1. The molecule has 2 aromatic carbocycles. The molecule has 2 heterocycles. The van der Waals surface area contributed by atoms with Gasteiger partial charge in [-0.15, -0.1) is 0 Å². The number of Topliss-reactive ketones (excluding diaryl/α,β-unsaturated/α-hetero) is 1. The second kappa shape index (κ2) is 7.67. The van der Waals surface area contributed by atoms with E-state index < -0.39 is 23.5 Å². The quantitative estimate of drug-likeness (QED) is 0.419. The highest BCUT2D eigenvalue weighted by Crippen LogP contribution is 2.40. The van der Waals surface area contributed by atoms with Crippen LogP contribution in [0.2, 0.25) is 0 Å². The van der Waals surface area contributed by atoms with E-state index in [-0.39, 0.29) is 17.9 Å². The normalized spacial score (nSPS) is 18.2. The van der Waals surface area contributed by atoms with Gasteiger partial charge in [0.15, 0.2) is 0 Å². The fourth-order valence-corrected chi connectivity index (χ4v) is 3.47. The molecular weight excluding hydrogens is 371 g/mol. The van der Waals surface area contributed by atoms with E-state index in [4.69, 9.17) is 0 Å². The number of hydrogen-bond acceptors (Lipinski definition) is 4. The molecule has 144 valence electrons. The zero-order valence-corrected chi connectivity index (χ0v) is 15.3. The zero-order chi connectivity index (χ0) is 20.4. The molecule has 29 heavy (non-hydrogen) atoms. The van der Waals surface area contributed by atoms with Crippen molar-refractivity contribution in [1.82, 2.24) is 9.88 Å². The Balaban J connectivity index is 1.86. The molecule has 1 fully saturated rings. The van der Waals surface area contributed by atoms with Crippen LogP contribution in [0.5, 0.6) is 0 Å². The molecule has 5 nitrogen and oxygen atoms in total. The number of amides is 1. The highest BCUT2D eigenvalue weighted by molar-refractivity contribution is 6.46. The van der Waals surface area contributed by atoms with E-state index in [1.807, 2.05) is 0 Å². The van der Waals surface area contributed by atoms with Crippen LogP contribution in [-0.2, 0) is 16.1 Å². The van der Waals surface area contributed by atoms with Gasteiger partial charge in [0.2, 0.25) is 0 Å². The van der Waals surface area contributed by atoms with Crippen LogP contribution in [0.15, 0.2) is 84.7 Å². The highest BCUT2D eigenvalue weighted by Gasteiger charge is 2.46. The number of benzene rings is 2. The van der Waals surface area contributed by atoms with Crippen molar-refractivity contribution in [1.29, 1.82) is 0 Å². The number of pyridine rings is 1. The van der Waals surface area contributed by atoms with Crippen molar-refractivity contribution in [3.63, 3.8) is 0 Å². The molecular formula is C23H17FN2O3. The molecule has 0 radical (unpaired) electrons. The number of halogens is 1. The summed E-state index contributed by atoms with van der Waals surface area (Å²) >= 11 is 0. The highest BCUT2D eigenvalue weighted by atomic mass is 19.1. The molecule has 4 rings (SSSR count). The average Bonchev–Trinajstić information content (AvgIpc) is 3.00. The van der Waals surface area contributed by atoms with E-state index in [1.54, 1.807) is 54.9 Å². The second-order valence-corrected chi connectivity index (χ2v) is 6.71. The zero-order valence-electron chi connectivity index (χ0n) is 15.3. The van der Waals surface area contributed by atoms with Gasteiger partial charge in [-0.2, -0.15) is 0 Å². The molecule has 0 unspecified atom stereocenters. The maximum atomic E-state index is 13.5. The van der Waals surface area contributed by atoms with Crippen LogP contribution in [0.25, 0.3) is 5.76 Å². The number of nitrogens with zero attached hydrogens (tertiary/aromatic N) is 2. The predicted octanol–water partition coefficient (Wildman–Crippen LogP) is 3.84. The van der Waals surface area contributed by atoms with Crippen molar-refractivity contribution < 1.29 is 19.1 Å². The van der Waals surface area contributed by atoms with Gasteiger partial charge in [-0.1, -0.05) is 48.5 Å². The molecule has 1 aliphatic rings. The van der Waals surface area contributed by atoms with E-state index in [2.05, 4.69) is 4.98 Å². The molecule has 1 saturated heterocycles. The lowest BCUT2D eigenvalue weighted by atomic mass is 9.95. The van der Waals surface area contributed by atoms with Gasteiger partial charge in [-0.3, -0.25) is 14.6 Å². The number of carbonyl (C=O) groups is 2. The molecule has 0 spiro atoms. The van der Waals surface area contributed by atoms with Crippen LogP contribution in [-0.4, -0.2) is 26.7 Å². The fourth-order valence-electron chi connectivity index (χ4n) is 3.47. The maximum absolute atomic E-state index is 13.5. The van der Waals surface area contributed by atoms with Gasteiger partial charge < -0.3 is 10.0 Å². The van der Waals surface area contributed by atoms with Crippen molar-refractivity contribution in [3.05, 3.63) is 107 Å². The number of rotatable bonds is 4. The predicted molar refractivity (Wildman–Crippen MR) is 105 cm³/mol. The van der Waals surface area contributed by atoms with Gasteiger partial charge in [0, 0.05) is 24.5 Å². The first-order valence-corrected chi connectivity index (χ1v) is 9.04. The van der Waals surface area contributed by atoms with E-state index in [0.29, 0.717) is 11.1 Å². The Morgan fingerprint density at radius 3 is 2.38 bits per heavy atom. The summed E-state index contributed by atoms with van der Waals surface area (Å²) in [5, 5.41) is 10.9. The van der Waals surface area contributed by atoms with Crippen LogP contribution in [0.1, 0.15) is 22.7 Å². The van der Waals surface area contributed by atoms with Crippen LogP contribution in [0.4, 0.5) is 4.39 Å². The molecule has 0 aliphatic carbocycles. The van der Waals surface area contributed by atoms with E-state index in [9.17, 15) is 19.1 Å². The summed E-state index contributed by atoms with van der Waals surface area (Å²) in [7, 11) is 0. The molecule has 1 atom stereocenters. The number of aliphatic hydroxyl groups excluding tert-OH is 1. The summed E-state index contributed by atoms with van der Waals surface area (Å²) in [5.41, 5.74) is 1.68. The van der Waals surface area contributed by atoms with Crippen LogP contribution >= 0.6 is 0 Å². The SMILES string of the molecule is O=C1C(=O)N(Cc2cccnc2)[C@@H](c2ccc(F)cc2)C1=C(O)c1ccccc1. The smallest absolute Gasteiger partial charge is 0.295 e. The van der Waals surface area contributed by atoms with Crippen LogP contribution in [0.3, 0.4) is 0 Å². The minimum absolute atomic E-state index is 0.0169. The lowest BCUT2D eigenvalue weighted by Crippen LogP contribution is -2.29. The third-order valence-corrected chi connectivity index (χ3v) is 4.85. The summed E-state index contributed by atoms with van der Waals surface area (Å²) in [6.45, 7) is 0.131. The number of aliphatic hydroxyl groups is 1. The third-order valence-electron chi connectivity index (χ3n) is 4.85. The number of likely N-dealkylation sites (tertiary alicyclic amines) is 1.